The van der Waals surface area contributed by atoms with Crippen molar-refractivity contribution in [2.24, 2.45) is 0 Å². The van der Waals surface area contributed by atoms with Crippen molar-refractivity contribution in [2.45, 2.75) is 0 Å². The molecule has 1 aromatic heterocycles. The summed E-state index contributed by atoms with van der Waals surface area (Å²) in [6.07, 6.45) is 0. The minimum atomic E-state index is -0.293. The normalized spacial score (nSPS) is 10.4. The van der Waals surface area contributed by atoms with Crippen LogP contribution in [-0.2, 0) is 4.79 Å². The van der Waals surface area contributed by atoms with E-state index in [0.717, 1.165) is 16.1 Å². The number of hydrogen-bond acceptors (Lipinski definition) is 4. The van der Waals surface area contributed by atoms with Gasteiger partial charge in [0.05, 0.1) is 12.2 Å². The molecule has 5 nitrogen and oxygen atoms in total. The molecule has 0 saturated heterocycles. The van der Waals surface area contributed by atoms with Crippen molar-refractivity contribution in [3.05, 3.63) is 65.5 Å². The summed E-state index contributed by atoms with van der Waals surface area (Å²) < 4.78 is 0. The third kappa shape index (κ3) is 3.97. The number of thiazole rings is 1. The van der Waals surface area contributed by atoms with Crippen LogP contribution in [0.25, 0.3) is 21.8 Å². The molecule has 0 fully saturated rings. The molecule has 2 aromatic carbocycles. The third-order valence-electron chi connectivity index (χ3n) is 3.80. The highest BCUT2D eigenvalue weighted by Crippen LogP contribution is 2.33. The molecule has 26 heavy (non-hydrogen) atoms. The third-order valence-corrected chi connectivity index (χ3v) is 4.90. The second kappa shape index (κ2) is 7.93. The van der Waals surface area contributed by atoms with Crippen molar-refractivity contribution in [3.63, 3.8) is 0 Å². The summed E-state index contributed by atoms with van der Waals surface area (Å²) >= 11 is 1.33. The van der Waals surface area contributed by atoms with Crippen LogP contribution >= 0.6 is 11.3 Å². The van der Waals surface area contributed by atoms with E-state index < -0.39 is 0 Å². The fourth-order valence-electron chi connectivity index (χ4n) is 2.36. The molecule has 0 aliphatic carbocycles. The van der Waals surface area contributed by atoms with Crippen LogP contribution in [-0.4, -0.2) is 42.3 Å². The van der Waals surface area contributed by atoms with E-state index in [9.17, 15) is 9.59 Å². The van der Waals surface area contributed by atoms with Crippen LogP contribution in [0.4, 0.5) is 0 Å². The molecule has 0 spiro atoms. The highest BCUT2D eigenvalue weighted by Gasteiger charge is 2.20. The molecule has 0 aliphatic rings. The molecule has 0 unspecified atom stereocenters. The Morgan fingerprint density at radius 2 is 1.54 bits per heavy atom. The summed E-state index contributed by atoms with van der Waals surface area (Å²) in [6, 6.07) is 19.3. The van der Waals surface area contributed by atoms with Gasteiger partial charge >= 0.3 is 0 Å². The zero-order valence-corrected chi connectivity index (χ0v) is 15.4. The van der Waals surface area contributed by atoms with Gasteiger partial charge in [-0.1, -0.05) is 60.7 Å². The van der Waals surface area contributed by atoms with Gasteiger partial charge in [0.1, 0.15) is 9.88 Å². The number of nitrogens with one attached hydrogen (secondary N) is 1. The van der Waals surface area contributed by atoms with Gasteiger partial charge < -0.3 is 10.2 Å². The maximum absolute atomic E-state index is 12.7. The van der Waals surface area contributed by atoms with Crippen LogP contribution in [0.2, 0.25) is 0 Å². The zero-order chi connectivity index (χ0) is 18.5. The fraction of sp³-hybridized carbons (Fsp3) is 0.150. The van der Waals surface area contributed by atoms with Gasteiger partial charge in [0.15, 0.2) is 0 Å². The SMILES string of the molecule is CN(C)C(=O)CNC(=O)c1sc(-c2ccccc2)nc1-c1ccccc1. The Balaban J connectivity index is 1.96. The standard InChI is InChI=1S/C20H19N3O2S/c1-23(2)16(24)13-21-19(25)18-17(14-9-5-3-6-10-14)22-20(26-18)15-11-7-4-8-12-15/h3-12H,13H2,1-2H3,(H,21,25). The number of amides is 2. The van der Waals surface area contributed by atoms with Gasteiger partial charge in [0, 0.05) is 25.2 Å². The molecule has 1 heterocycles. The number of carbonyl (C=O) groups is 2. The average Bonchev–Trinajstić information content (AvgIpc) is 3.12. The van der Waals surface area contributed by atoms with E-state index in [-0.39, 0.29) is 18.4 Å². The number of rotatable bonds is 5. The van der Waals surface area contributed by atoms with Crippen LogP contribution in [0, 0.1) is 0 Å². The Hall–Kier alpha value is -2.99. The van der Waals surface area contributed by atoms with Crippen LogP contribution in [0.5, 0.6) is 0 Å². The first-order chi connectivity index (χ1) is 12.6. The van der Waals surface area contributed by atoms with E-state index >= 15 is 0 Å². The molecule has 6 heteroatoms. The van der Waals surface area contributed by atoms with Crippen LogP contribution in [0.1, 0.15) is 9.67 Å². The molecule has 0 bridgehead atoms. The van der Waals surface area contributed by atoms with Crippen LogP contribution in [0.3, 0.4) is 0 Å². The molecule has 1 N–H and O–H groups in total. The average molecular weight is 365 g/mol. The summed E-state index contributed by atoms with van der Waals surface area (Å²) in [6.45, 7) is -0.0430. The van der Waals surface area contributed by atoms with Crippen molar-refractivity contribution in [2.75, 3.05) is 20.6 Å². The largest absolute Gasteiger partial charge is 0.347 e. The topological polar surface area (TPSA) is 62.3 Å². The number of hydrogen-bond donors (Lipinski definition) is 1. The molecule has 2 amide bonds. The lowest BCUT2D eigenvalue weighted by molar-refractivity contribution is -0.127. The van der Waals surface area contributed by atoms with E-state index in [1.807, 2.05) is 60.7 Å². The summed E-state index contributed by atoms with van der Waals surface area (Å²) in [5.74, 6) is -0.453. The van der Waals surface area contributed by atoms with Gasteiger partial charge in [0.2, 0.25) is 5.91 Å². The quantitative estimate of drug-likeness (QED) is 0.755. The first kappa shape index (κ1) is 17.8. The minimum Gasteiger partial charge on any atom is -0.347 e. The number of nitrogens with zero attached hydrogens (tertiary/aromatic N) is 2. The van der Waals surface area contributed by atoms with E-state index in [1.54, 1.807) is 14.1 Å². The highest BCUT2D eigenvalue weighted by molar-refractivity contribution is 7.17. The summed E-state index contributed by atoms with van der Waals surface area (Å²) in [5.41, 5.74) is 2.46. The molecular formula is C20H19N3O2S. The maximum Gasteiger partial charge on any atom is 0.264 e. The second-order valence-corrected chi connectivity index (χ2v) is 6.90. The summed E-state index contributed by atoms with van der Waals surface area (Å²) in [5, 5.41) is 3.47. The van der Waals surface area contributed by atoms with Crippen molar-refractivity contribution in [1.82, 2.24) is 15.2 Å². The van der Waals surface area contributed by atoms with E-state index in [1.165, 1.54) is 16.2 Å². The van der Waals surface area contributed by atoms with E-state index in [0.29, 0.717) is 10.6 Å². The van der Waals surface area contributed by atoms with Gasteiger partial charge in [-0.3, -0.25) is 9.59 Å². The molecule has 0 saturated carbocycles. The van der Waals surface area contributed by atoms with E-state index in [4.69, 9.17) is 4.98 Å². The number of likely N-dealkylation sites (N-methyl/N-ethyl adjacent to an activating group) is 1. The minimum absolute atomic E-state index is 0.0430. The van der Waals surface area contributed by atoms with Gasteiger partial charge in [0.25, 0.3) is 5.91 Å². The fourth-order valence-corrected chi connectivity index (χ4v) is 3.37. The van der Waals surface area contributed by atoms with E-state index in [2.05, 4.69) is 5.32 Å². The van der Waals surface area contributed by atoms with Gasteiger partial charge in [-0.25, -0.2) is 4.98 Å². The first-order valence-electron chi connectivity index (χ1n) is 8.16. The smallest absolute Gasteiger partial charge is 0.264 e. The molecule has 0 atom stereocenters. The summed E-state index contributed by atoms with van der Waals surface area (Å²) in [7, 11) is 3.31. The van der Waals surface area contributed by atoms with Gasteiger partial charge in [-0.2, -0.15) is 0 Å². The van der Waals surface area contributed by atoms with Crippen molar-refractivity contribution in [3.8, 4) is 21.8 Å². The number of benzene rings is 2. The Labute approximate surface area is 156 Å². The van der Waals surface area contributed by atoms with Crippen LogP contribution in [0.15, 0.2) is 60.7 Å². The molecule has 132 valence electrons. The molecule has 0 aliphatic heterocycles. The second-order valence-electron chi connectivity index (χ2n) is 5.90. The van der Waals surface area contributed by atoms with Crippen molar-refractivity contribution >= 4 is 23.2 Å². The van der Waals surface area contributed by atoms with Crippen LogP contribution < -0.4 is 5.32 Å². The predicted octanol–water partition coefficient (Wildman–Crippen LogP) is 3.30. The lowest BCUT2D eigenvalue weighted by Gasteiger charge is -2.10. The van der Waals surface area contributed by atoms with Crippen molar-refractivity contribution in [1.29, 1.82) is 0 Å². The Morgan fingerprint density at radius 3 is 2.12 bits per heavy atom. The lowest BCUT2D eigenvalue weighted by atomic mass is 10.1. The Morgan fingerprint density at radius 1 is 0.962 bits per heavy atom. The number of carbonyl (C=O) groups excluding carboxylic acids is 2. The monoisotopic (exact) mass is 365 g/mol. The first-order valence-corrected chi connectivity index (χ1v) is 8.98. The molecule has 3 rings (SSSR count). The van der Waals surface area contributed by atoms with Gasteiger partial charge in [-0.05, 0) is 0 Å². The molecular weight excluding hydrogens is 346 g/mol. The Kier molecular flexibility index (Phi) is 5.43. The maximum atomic E-state index is 12.7. The zero-order valence-electron chi connectivity index (χ0n) is 14.6. The van der Waals surface area contributed by atoms with Crippen molar-refractivity contribution < 1.29 is 9.59 Å². The molecule has 3 aromatic rings. The Bertz CT molecular complexity index is 905. The lowest BCUT2D eigenvalue weighted by Crippen LogP contribution is -2.36. The highest BCUT2D eigenvalue weighted by atomic mass is 32.1. The molecule has 0 radical (unpaired) electrons. The summed E-state index contributed by atoms with van der Waals surface area (Å²) in [4.78, 5) is 31.1. The number of aromatic nitrogens is 1. The predicted molar refractivity (Wildman–Crippen MR) is 104 cm³/mol. The van der Waals surface area contributed by atoms with Gasteiger partial charge in [-0.15, -0.1) is 11.3 Å².